The first-order valence-electron chi connectivity index (χ1n) is 13.7. The van der Waals surface area contributed by atoms with E-state index in [-0.39, 0.29) is 23.6 Å². The van der Waals surface area contributed by atoms with Crippen molar-refractivity contribution >= 4 is 29.0 Å². The average molecular weight is 541 g/mol. The molecule has 39 heavy (non-hydrogen) atoms. The van der Waals surface area contributed by atoms with Gasteiger partial charge >= 0.3 is 12.2 Å². The molecule has 4 unspecified atom stereocenters. The summed E-state index contributed by atoms with van der Waals surface area (Å²) in [6.45, 7) is 5.69. The monoisotopic (exact) mass is 540 g/mol. The molecule has 2 fully saturated rings. The van der Waals surface area contributed by atoms with Gasteiger partial charge in [0.2, 0.25) is 5.91 Å². The number of benzene rings is 1. The highest BCUT2D eigenvalue weighted by atomic mass is 19.1. The van der Waals surface area contributed by atoms with Crippen LogP contribution in [0.25, 0.3) is 10.9 Å². The lowest BCUT2D eigenvalue weighted by atomic mass is 9.83. The van der Waals surface area contributed by atoms with Crippen LogP contribution in [0.15, 0.2) is 36.7 Å². The number of alkyl carbamates (subject to hydrolysis) is 1. The van der Waals surface area contributed by atoms with Gasteiger partial charge in [0.1, 0.15) is 17.5 Å². The summed E-state index contributed by atoms with van der Waals surface area (Å²) >= 11 is 0. The molecular formula is C29H37FN4O5. The second-order valence-corrected chi connectivity index (χ2v) is 11.8. The number of rotatable bonds is 4. The van der Waals surface area contributed by atoms with Gasteiger partial charge in [0.05, 0.1) is 19.2 Å². The van der Waals surface area contributed by atoms with Gasteiger partial charge in [-0.25, -0.2) is 14.0 Å². The zero-order valence-corrected chi connectivity index (χ0v) is 22.9. The number of aromatic amines is 1. The molecule has 1 saturated carbocycles. The average Bonchev–Trinajstić information content (AvgIpc) is 3.60. The van der Waals surface area contributed by atoms with Gasteiger partial charge in [-0.15, -0.1) is 0 Å². The number of hydrogen-bond acceptors (Lipinski definition) is 5. The van der Waals surface area contributed by atoms with Gasteiger partial charge in [-0.3, -0.25) is 9.69 Å². The second-order valence-electron chi connectivity index (χ2n) is 11.8. The molecule has 3 aliphatic rings. The molecule has 9 nitrogen and oxygen atoms in total. The molecule has 5 rings (SSSR count). The van der Waals surface area contributed by atoms with E-state index in [9.17, 15) is 18.8 Å². The first kappa shape index (κ1) is 27.0. The number of aromatic nitrogens is 1. The highest BCUT2D eigenvalue weighted by Crippen LogP contribution is 2.43. The van der Waals surface area contributed by atoms with Crippen LogP contribution in [0.3, 0.4) is 0 Å². The molecule has 1 aromatic heterocycles. The standard InChI is InChI=1S/C29H37FN4O5/c1-29(2,3)39-27(36)32-24(17-8-6-5-7-9-17)26(35)33-13-12-23-25(33)21(16-34(23)28(37)38-4)20-15-31-22-14-18(30)10-11-19(20)22/h10-15,17,21,23-25,31H,5-9,16H2,1-4H3,(H,32,36). The lowest BCUT2D eigenvalue weighted by molar-refractivity contribution is -0.134. The Labute approximate surface area is 227 Å². The van der Waals surface area contributed by atoms with Crippen molar-refractivity contribution in [2.45, 2.75) is 82.5 Å². The molecule has 2 aliphatic heterocycles. The van der Waals surface area contributed by atoms with Crippen molar-refractivity contribution in [1.29, 1.82) is 0 Å². The van der Waals surface area contributed by atoms with E-state index in [0.29, 0.717) is 12.1 Å². The lowest BCUT2D eigenvalue weighted by Gasteiger charge is -2.36. The Balaban J connectivity index is 1.48. The van der Waals surface area contributed by atoms with Gasteiger partial charge in [0, 0.05) is 35.8 Å². The Kier molecular flexibility index (Phi) is 7.31. The van der Waals surface area contributed by atoms with E-state index >= 15 is 0 Å². The summed E-state index contributed by atoms with van der Waals surface area (Å²) in [7, 11) is 1.34. The zero-order chi connectivity index (χ0) is 27.9. The first-order chi connectivity index (χ1) is 18.6. The number of fused-ring (bicyclic) bond motifs is 2. The summed E-state index contributed by atoms with van der Waals surface area (Å²) < 4.78 is 24.5. The molecule has 1 aliphatic carbocycles. The van der Waals surface area contributed by atoms with Crippen LogP contribution >= 0.6 is 0 Å². The van der Waals surface area contributed by atoms with Crippen LogP contribution in [0.5, 0.6) is 0 Å². The van der Waals surface area contributed by atoms with E-state index in [0.717, 1.165) is 43.1 Å². The second kappa shape index (κ2) is 10.5. The summed E-state index contributed by atoms with van der Waals surface area (Å²) in [6, 6.07) is 2.99. The molecule has 2 N–H and O–H groups in total. The van der Waals surface area contributed by atoms with Gasteiger partial charge in [0.25, 0.3) is 0 Å². The van der Waals surface area contributed by atoms with Gasteiger partial charge in [-0.1, -0.05) is 19.3 Å². The van der Waals surface area contributed by atoms with Crippen molar-refractivity contribution in [2.75, 3.05) is 13.7 Å². The van der Waals surface area contributed by atoms with Gasteiger partial charge in [-0.2, -0.15) is 0 Å². The van der Waals surface area contributed by atoms with E-state index in [1.54, 1.807) is 42.8 Å². The predicted molar refractivity (Wildman–Crippen MR) is 143 cm³/mol. The third-order valence-electron chi connectivity index (χ3n) is 8.08. The fourth-order valence-corrected chi connectivity index (χ4v) is 6.41. The van der Waals surface area contributed by atoms with Crippen molar-refractivity contribution in [2.24, 2.45) is 5.92 Å². The van der Waals surface area contributed by atoms with E-state index in [1.807, 2.05) is 12.3 Å². The minimum absolute atomic E-state index is 0.0150. The Hall–Kier alpha value is -3.56. The molecule has 10 heteroatoms. The van der Waals surface area contributed by atoms with Gasteiger partial charge in [0.15, 0.2) is 0 Å². The molecule has 0 bridgehead atoms. The zero-order valence-electron chi connectivity index (χ0n) is 22.9. The number of amides is 3. The number of H-pyrrole nitrogens is 1. The Morgan fingerprint density at radius 2 is 1.90 bits per heavy atom. The molecule has 3 heterocycles. The molecule has 210 valence electrons. The van der Waals surface area contributed by atoms with Crippen LogP contribution in [-0.2, 0) is 14.3 Å². The van der Waals surface area contributed by atoms with Crippen molar-refractivity contribution in [3.63, 3.8) is 0 Å². The van der Waals surface area contributed by atoms with Crippen molar-refractivity contribution in [1.82, 2.24) is 20.1 Å². The number of halogens is 1. The van der Waals surface area contributed by atoms with E-state index in [2.05, 4.69) is 10.3 Å². The van der Waals surface area contributed by atoms with E-state index in [1.165, 1.54) is 19.2 Å². The van der Waals surface area contributed by atoms with Gasteiger partial charge in [-0.05, 0) is 69.4 Å². The molecule has 3 amide bonds. The first-order valence-corrected chi connectivity index (χ1v) is 13.7. The highest BCUT2D eigenvalue weighted by Gasteiger charge is 2.52. The predicted octanol–water partition coefficient (Wildman–Crippen LogP) is 5.04. The van der Waals surface area contributed by atoms with E-state index in [4.69, 9.17) is 9.47 Å². The number of carbonyl (C=O) groups excluding carboxylic acids is 3. The van der Waals surface area contributed by atoms with Crippen LogP contribution in [0.4, 0.5) is 14.0 Å². The highest BCUT2D eigenvalue weighted by molar-refractivity contribution is 5.89. The molecule has 0 spiro atoms. The number of hydrogen-bond donors (Lipinski definition) is 2. The number of nitrogens with zero attached hydrogens (tertiary/aromatic N) is 2. The lowest BCUT2D eigenvalue weighted by Crippen LogP contribution is -2.55. The van der Waals surface area contributed by atoms with Crippen molar-refractivity contribution < 1.29 is 28.2 Å². The fourth-order valence-electron chi connectivity index (χ4n) is 6.41. The number of nitrogens with one attached hydrogen (secondary N) is 2. The summed E-state index contributed by atoms with van der Waals surface area (Å²) in [6.07, 6.45) is 9.07. The maximum Gasteiger partial charge on any atom is 0.410 e. The normalized spacial score (nSPS) is 24.1. The third kappa shape index (κ3) is 5.33. The molecule has 0 radical (unpaired) electrons. The molecule has 1 aromatic carbocycles. The Morgan fingerprint density at radius 1 is 1.15 bits per heavy atom. The van der Waals surface area contributed by atoms with Crippen LogP contribution in [0.1, 0.15) is 64.4 Å². The Bertz CT molecular complexity index is 1280. The minimum atomic E-state index is -0.756. The molecule has 4 atom stereocenters. The number of methoxy groups -OCH3 is 1. The quantitative estimate of drug-likeness (QED) is 0.566. The SMILES string of the molecule is COC(=O)N1CC(c2c[nH]c3cc(F)ccc23)C2C1C=CN2C(=O)C(NC(=O)OC(C)(C)C)C1CCCCC1. The number of carbonyl (C=O) groups is 3. The Morgan fingerprint density at radius 3 is 2.59 bits per heavy atom. The topological polar surface area (TPSA) is 104 Å². The smallest absolute Gasteiger partial charge is 0.410 e. The van der Waals surface area contributed by atoms with Crippen LogP contribution in [0, 0.1) is 11.7 Å². The summed E-state index contributed by atoms with van der Waals surface area (Å²) in [5, 5.41) is 3.73. The van der Waals surface area contributed by atoms with Crippen molar-refractivity contribution in [3.8, 4) is 0 Å². The summed E-state index contributed by atoms with van der Waals surface area (Å²) in [5.74, 6) is -0.849. The third-order valence-corrected chi connectivity index (χ3v) is 8.08. The fraction of sp³-hybridized carbons (Fsp3) is 0.552. The minimum Gasteiger partial charge on any atom is -0.453 e. The van der Waals surface area contributed by atoms with Crippen LogP contribution < -0.4 is 5.32 Å². The van der Waals surface area contributed by atoms with E-state index < -0.39 is 35.9 Å². The molecule has 2 aromatic rings. The maximum absolute atomic E-state index is 14.3. The van der Waals surface area contributed by atoms with Crippen molar-refractivity contribution in [3.05, 3.63) is 48.1 Å². The number of likely N-dealkylation sites (tertiary alicyclic amines) is 1. The van der Waals surface area contributed by atoms with Crippen LogP contribution in [0.2, 0.25) is 0 Å². The summed E-state index contributed by atoms with van der Waals surface area (Å²) in [5.41, 5.74) is 0.839. The molecule has 1 saturated heterocycles. The number of ether oxygens (including phenoxy) is 2. The van der Waals surface area contributed by atoms with Crippen LogP contribution in [-0.4, -0.2) is 70.3 Å². The molecular weight excluding hydrogens is 503 g/mol. The maximum atomic E-state index is 14.3. The van der Waals surface area contributed by atoms with Gasteiger partial charge < -0.3 is 24.7 Å². The summed E-state index contributed by atoms with van der Waals surface area (Å²) in [4.78, 5) is 46.3. The largest absolute Gasteiger partial charge is 0.453 e.